The first-order valence-corrected chi connectivity index (χ1v) is 11.3. The lowest BCUT2D eigenvalue weighted by atomic mass is 9.85. The molecular formula is C21H16ClF3N4O3S. The number of alkyl halides is 3. The summed E-state index contributed by atoms with van der Waals surface area (Å²) < 4.78 is 38.3. The second-order valence-electron chi connectivity index (χ2n) is 8.28. The topological polar surface area (TPSA) is 92.3 Å². The average Bonchev–Trinajstić information content (AvgIpc) is 3.51. The number of nitrogens with one attached hydrogen (secondary N) is 1. The van der Waals surface area contributed by atoms with E-state index in [1.807, 2.05) is 12.2 Å². The second-order valence-corrected chi connectivity index (χ2v) is 9.69. The van der Waals surface area contributed by atoms with Gasteiger partial charge in [-0.3, -0.25) is 19.3 Å². The minimum Gasteiger partial charge on any atom is -0.300 e. The van der Waals surface area contributed by atoms with Crippen molar-refractivity contribution < 1.29 is 27.6 Å². The predicted molar refractivity (Wildman–Crippen MR) is 112 cm³/mol. The molecule has 2 fully saturated rings. The van der Waals surface area contributed by atoms with Crippen LogP contribution in [0.4, 0.5) is 18.3 Å². The Morgan fingerprint density at radius 1 is 1.18 bits per heavy atom. The minimum absolute atomic E-state index is 0.00234. The molecule has 5 rings (SSSR count). The molecular weight excluding hydrogens is 481 g/mol. The van der Waals surface area contributed by atoms with Gasteiger partial charge in [-0.25, -0.2) is 0 Å². The Morgan fingerprint density at radius 2 is 1.85 bits per heavy atom. The number of allylic oxidation sites excluding steroid dienone is 2. The van der Waals surface area contributed by atoms with Crippen molar-refractivity contribution in [3.05, 3.63) is 52.0 Å². The quantitative estimate of drug-likeness (QED) is 0.497. The lowest BCUT2D eigenvalue weighted by Crippen LogP contribution is -2.38. The minimum atomic E-state index is -4.68. The molecule has 172 valence electrons. The number of benzene rings is 1. The van der Waals surface area contributed by atoms with Gasteiger partial charge < -0.3 is 5.32 Å². The number of halogens is 4. The molecule has 0 radical (unpaired) electrons. The molecule has 2 aromatic rings. The Balaban J connectivity index is 1.41. The van der Waals surface area contributed by atoms with Crippen molar-refractivity contribution in [3.8, 4) is 0 Å². The van der Waals surface area contributed by atoms with Gasteiger partial charge in [-0.05, 0) is 36.0 Å². The third kappa shape index (κ3) is 3.82. The number of aromatic nitrogens is 2. The molecule has 3 amide bonds. The van der Waals surface area contributed by atoms with Crippen molar-refractivity contribution in [2.45, 2.75) is 25.1 Å². The summed E-state index contributed by atoms with van der Waals surface area (Å²) >= 11 is 6.30. The standard InChI is InChI=1S/C21H16ClF3N4O3S/c22-12-3-1-2-9(7-12)13(8-14(30)26-20-28-27-19(33-20)21(23,24)25)29-17(31)15-10-4-5-11(6-10)16(15)18(29)32/h1-5,7,10-11,13,15-16H,6,8H2,(H,26,28,30). The van der Waals surface area contributed by atoms with Gasteiger partial charge in [0.05, 0.1) is 24.3 Å². The van der Waals surface area contributed by atoms with Crippen LogP contribution in [0, 0.1) is 23.7 Å². The van der Waals surface area contributed by atoms with Gasteiger partial charge in [0.15, 0.2) is 0 Å². The Morgan fingerprint density at radius 3 is 2.42 bits per heavy atom. The molecule has 1 N–H and O–H groups in total. The molecule has 1 aromatic heterocycles. The smallest absolute Gasteiger partial charge is 0.300 e. The van der Waals surface area contributed by atoms with Gasteiger partial charge in [0.2, 0.25) is 27.9 Å². The first kappa shape index (κ1) is 22.0. The summed E-state index contributed by atoms with van der Waals surface area (Å²) in [6.07, 6.45) is -0.337. The molecule has 1 aromatic carbocycles. The largest absolute Gasteiger partial charge is 0.445 e. The third-order valence-electron chi connectivity index (χ3n) is 6.34. The van der Waals surface area contributed by atoms with E-state index < -0.39 is 35.0 Å². The highest BCUT2D eigenvalue weighted by Gasteiger charge is 2.60. The number of hydrogen-bond donors (Lipinski definition) is 1. The van der Waals surface area contributed by atoms with Gasteiger partial charge in [-0.1, -0.05) is 47.2 Å². The Kier molecular flexibility index (Phi) is 5.28. The summed E-state index contributed by atoms with van der Waals surface area (Å²) in [6, 6.07) is 5.52. The number of hydrogen-bond acceptors (Lipinski definition) is 6. The predicted octanol–water partition coefficient (Wildman–Crippen LogP) is 4.09. The number of anilines is 1. The SMILES string of the molecule is O=C(CC(c1cccc(Cl)c1)N1C(=O)C2C3C=CC(C3)C2C1=O)Nc1nnc(C(F)(F)F)s1. The number of fused-ring (bicyclic) bond motifs is 5. The van der Waals surface area contributed by atoms with Crippen LogP contribution < -0.4 is 5.32 Å². The summed E-state index contributed by atoms with van der Waals surface area (Å²) in [4.78, 5) is 40.5. The summed E-state index contributed by atoms with van der Waals surface area (Å²) in [5, 5.41) is 7.54. The number of likely N-dealkylation sites (tertiary alicyclic amines) is 1. The summed E-state index contributed by atoms with van der Waals surface area (Å²) in [5.41, 5.74) is 0.480. The van der Waals surface area contributed by atoms with Crippen LogP contribution in [0.5, 0.6) is 0 Å². The number of rotatable bonds is 5. The molecule has 3 aliphatic rings. The van der Waals surface area contributed by atoms with Crippen LogP contribution in [0.3, 0.4) is 0 Å². The zero-order valence-electron chi connectivity index (χ0n) is 16.8. The van der Waals surface area contributed by atoms with Crippen LogP contribution in [0.25, 0.3) is 0 Å². The number of amides is 3. The van der Waals surface area contributed by atoms with Gasteiger partial charge in [0.25, 0.3) is 0 Å². The van der Waals surface area contributed by atoms with E-state index in [4.69, 9.17) is 11.6 Å². The van der Waals surface area contributed by atoms with Crippen LogP contribution in [0.1, 0.15) is 29.5 Å². The van der Waals surface area contributed by atoms with E-state index in [1.165, 1.54) is 0 Å². The second kappa shape index (κ2) is 7.91. The number of nitrogens with zero attached hydrogens (tertiary/aromatic N) is 3. The molecule has 12 heteroatoms. The lowest BCUT2D eigenvalue weighted by Gasteiger charge is -2.28. The molecule has 2 heterocycles. The zero-order valence-corrected chi connectivity index (χ0v) is 18.3. The zero-order chi connectivity index (χ0) is 23.5. The van der Waals surface area contributed by atoms with Crippen LogP contribution in [-0.4, -0.2) is 32.8 Å². The Hall–Kier alpha value is -2.79. The highest BCUT2D eigenvalue weighted by Crippen LogP contribution is 2.54. The third-order valence-corrected chi connectivity index (χ3v) is 7.46. The van der Waals surface area contributed by atoms with E-state index in [-0.39, 0.29) is 46.5 Å². The van der Waals surface area contributed by atoms with E-state index in [9.17, 15) is 27.6 Å². The number of carbonyl (C=O) groups excluding carboxylic acids is 3. The van der Waals surface area contributed by atoms with Gasteiger partial charge in [0.1, 0.15) is 0 Å². The average molecular weight is 497 g/mol. The summed E-state index contributed by atoms with van der Waals surface area (Å²) in [7, 11) is 0. The Labute approximate surface area is 194 Å². The van der Waals surface area contributed by atoms with Crippen LogP contribution in [0.2, 0.25) is 5.02 Å². The first-order valence-electron chi connectivity index (χ1n) is 10.1. The van der Waals surface area contributed by atoms with E-state index in [0.29, 0.717) is 10.6 Å². The molecule has 5 atom stereocenters. The normalized spacial score (nSPS) is 26.7. The van der Waals surface area contributed by atoms with Crippen molar-refractivity contribution in [2.24, 2.45) is 23.7 Å². The fourth-order valence-electron chi connectivity index (χ4n) is 5.04. The summed E-state index contributed by atoms with van der Waals surface area (Å²) in [6.45, 7) is 0. The lowest BCUT2D eigenvalue weighted by molar-refractivity contribution is -0.144. The molecule has 2 bridgehead atoms. The molecule has 0 spiro atoms. The van der Waals surface area contributed by atoms with Crippen LogP contribution in [-0.2, 0) is 20.6 Å². The van der Waals surface area contributed by atoms with E-state index in [0.717, 1.165) is 11.3 Å². The van der Waals surface area contributed by atoms with E-state index in [1.54, 1.807) is 24.3 Å². The van der Waals surface area contributed by atoms with Crippen molar-refractivity contribution in [2.75, 3.05) is 5.32 Å². The Bertz CT molecular complexity index is 1150. The van der Waals surface area contributed by atoms with Gasteiger partial charge in [-0.15, -0.1) is 10.2 Å². The maximum absolute atomic E-state index is 13.3. The molecule has 1 aliphatic heterocycles. The highest BCUT2D eigenvalue weighted by atomic mass is 35.5. The van der Waals surface area contributed by atoms with Crippen molar-refractivity contribution >= 4 is 45.8 Å². The van der Waals surface area contributed by atoms with Gasteiger partial charge in [0, 0.05) is 5.02 Å². The maximum atomic E-state index is 13.3. The molecule has 1 saturated carbocycles. The first-order chi connectivity index (χ1) is 15.6. The fraction of sp³-hybridized carbons (Fsp3) is 0.381. The van der Waals surface area contributed by atoms with Crippen molar-refractivity contribution in [3.63, 3.8) is 0 Å². The van der Waals surface area contributed by atoms with E-state index >= 15 is 0 Å². The molecule has 33 heavy (non-hydrogen) atoms. The van der Waals surface area contributed by atoms with Crippen molar-refractivity contribution in [1.82, 2.24) is 15.1 Å². The monoisotopic (exact) mass is 496 g/mol. The van der Waals surface area contributed by atoms with Crippen LogP contribution in [0.15, 0.2) is 36.4 Å². The summed E-state index contributed by atoms with van der Waals surface area (Å²) in [5.74, 6) is -2.28. The molecule has 5 unspecified atom stereocenters. The number of imide groups is 1. The van der Waals surface area contributed by atoms with Crippen LogP contribution >= 0.6 is 22.9 Å². The molecule has 1 saturated heterocycles. The maximum Gasteiger partial charge on any atom is 0.445 e. The number of carbonyl (C=O) groups is 3. The van der Waals surface area contributed by atoms with E-state index in [2.05, 4.69) is 15.5 Å². The molecule has 2 aliphatic carbocycles. The highest BCUT2D eigenvalue weighted by molar-refractivity contribution is 7.15. The van der Waals surface area contributed by atoms with Gasteiger partial charge in [-0.2, -0.15) is 13.2 Å². The van der Waals surface area contributed by atoms with Gasteiger partial charge >= 0.3 is 6.18 Å². The fourth-order valence-corrected chi connectivity index (χ4v) is 5.86. The molecule has 7 nitrogen and oxygen atoms in total. The van der Waals surface area contributed by atoms with Crippen molar-refractivity contribution in [1.29, 1.82) is 0 Å².